The van der Waals surface area contributed by atoms with E-state index in [1.165, 1.54) is 5.56 Å². The quantitative estimate of drug-likeness (QED) is 0.690. The largest absolute Gasteiger partial charge is 0.494 e. The van der Waals surface area contributed by atoms with Crippen LogP contribution in [0.4, 0.5) is 0 Å². The van der Waals surface area contributed by atoms with Gasteiger partial charge in [-0.1, -0.05) is 12.1 Å². The van der Waals surface area contributed by atoms with E-state index in [4.69, 9.17) is 4.74 Å². The number of carbonyl (C=O) groups excluding carboxylic acids is 1. The first-order chi connectivity index (χ1) is 13.2. The Hall–Kier alpha value is -2.34. The molecule has 6 heteroatoms. The molecule has 2 heterocycles. The van der Waals surface area contributed by atoms with E-state index in [1.807, 2.05) is 36.1 Å². The van der Waals surface area contributed by atoms with E-state index in [0.29, 0.717) is 6.61 Å². The highest BCUT2D eigenvalue weighted by Crippen LogP contribution is 2.21. The highest BCUT2D eigenvalue weighted by Gasteiger charge is 2.24. The minimum absolute atomic E-state index is 0.143. The molecule has 1 aromatic carbocycles. The van der Waals surface area contributed by atoms with Crippen LogP contribution in [0.3, 0.4) is 0 Å². The maximum Gasteiger partial charge on any atom is 0.223 e. The normalized spacial score (nSPS) is 15.6. The fourth-order valence-electron chi connectivity index (χ4n) is 3.55. The molecular weight excluding hydrogens is 340 g/mol. The number of carbonyl (C=O) groups is 1. The van der Waals surface area contributed by atoms with E-state index in [0.717, 1.165) is 57.7 Å². The van der Waals surface area contributed by atoms with Crippen LogP contribution >= 0.6 is 0 Å². The van der Waals surface area contributed by atoms with Crippen LogP contribution in [-0.4, -0.2) is 46.6 Å². The molecule has 1 amide bonds. The highest BCUT2D eigenvalue weighted by atomic mass is 16.5. The summed E-state index contributed by atoms with van der Waals surface area (Å²) in [5, 5.41) is 3.09. The van der Waals surface area contributed by atoms with E-state index in [2.05, 4.69) is 27.3 Å². The Morgan fingerprint density at radius 1 is 1.33 bits per heavy atom. The Balaban J connectivity index is 1.35. The molecule has 0 atom stereocenters. The number of rotatable bonds is 9. The lowest BCUT2D eigenvalue weighted by atomic mass is 9.95. The molecule has 2 aromatic rings. The van der Waals surface area contributed by atoms with Gasteiger partial charge in [-0.3, -0.25) is 9.69 Å². The number of aromatic nitrogens is 2. The number of hydrogen-bond acceptors (Lipinski definition) is 4. The van der Waals surface area contributed by atoms with E-state index in [1.54, 1.807) is 6.20 Å². The zero-order chi connectivity index (χ0) is 18.9. The van der Waals surface area contributed by atoms with Crippen molar-refractivity contribution in [3.63, 3.8) is 0 Å². The molecule has 146 valence electrons. The molecule has 1 aliphatic heterocycles. The zero-order valence-corrected chi connectivity index (χ0v) is 16.1. The number of imidazole rings is 1. The second-order valence-corrected chi connectivity index (χ2v) is 7.08. The van der Waals surface area contributed by atoms with Crippen molar-refractivity contribution in [1.29, 1.82) is 0 Å². The van der Waals surface area contributed by atoms with Gasteiger partial charge in [-0.05, 0) is 57.0 Å². The van der Waals surface area contributed by atoms with Gasteiger partial charge in [0, 0.05) is 37.9 Å². The zero-order valence-electron chi connectivity index (χ0n) is 16.1. The van der Waals surface area contributed by atoms with Gasteiger partial charge in [-0.25, -0.2) is 4.98 Å². The molecule has 1 saturated heterocycles. The van der Waals surface area contributed by atoms with Crippen molar-refractivity contribution >= 4 is 5.91 Å². The Morgan fingerprint density at radius 3 is 2.93 bits per heavy atom. The molecule has 0 unspecified atom stereocenters. The Labute approximate surface area is 161 Å². The Kier molecular flexibility index (Phi) is 7.27. The predicted molar refractivity (Wildman–Crippen MR) is 105 cm³/mol. The van der Waals surface area contributed by atoms with Crippen LogP contribution < -0.4 is 10.1 Å². The third kappa shape index (κ3) is 6.10. The van der Waals surface area contributed by atoms with Crippen molar-refractivity contribution in [2.24, 2.45) is 5.92 Å². The molecule has 0 spiro atoms. The van der Waals surface area contributed by atoms with Crippen LogP contribution in [0.25, 0.3) is 0 Å². The summed E-state index contributed by atoms with van der Waals surface area (Å²) in [4.78, 5) is 18.8. The first-order valence-corrected chi connectivity index (χ1v) is 9.92. The number of amides is 1. The SMILES string of the molecule is CCOc1cccc(CN2CCC(C(=O)NCCCn3ccnc3)CC2)c1. The summed E-state index contributed by atoms with van der Waals surface area (Å²) in [7, 11) is 0. The molecule has 6 nitrogen and oxygen atoms in total. The first-order valence-electron chi connectivity index (χ1n) is 9.92. The average molecular weight is 370 g/mol. The van der Waals surface area contributed by atoms with Crippen LogP contribution in [0.5, 0.6) is 5.75 Å². The van der Waals surface area contributed by atoms with Crippen molar-refractivity contribution in [2.45, 2.75) is 39.3 Å². The van der Waals surface area contributed by atoms with Crippen molar-refractivity contribution in [1.82, 2.24) is 19.8 Å². The summed E-state index contributed by atoms with van der Waals surface area (Å²) in [6, 6.07) is 8.30. The molecule has 0 aliphatic carbocycles. The summed E-state index contributed by atoms with van der Waals surface area (Å²) in [6.45, 7) is 7.14. The van der Waals surface area contributed by atoms with E-state index in [-0.39, 0.29) is 11.8 Å². The summed E-state index contributed by atoms with van der Waals surface area (Å²) in [6.07, 6.45) is 8.32. The van der Waals surface area contributed by atoms with E-state index in [9.17, 15) is 4.79 Å². The second-order valence-electron chi connectivity index (χ2n) is 7.08. The van der Waals surface area contributed by atoms with Crippen LogP contribution in [0.1, 0.15) is 31.7 Å². The number of ether oxygens (including phenoxy) is 1. The van der Waals surface area contributed by atoms with Gasteiger partial charge in [0.05, 0.1) is 12.9 Å². The van der Waals surface area contributed by atoms with Gasteiger partial charge in [0.1, 0.15) is 5.75 Å². The van der Waals surface area contributed by atoms with Gasteiger partial charge >= 0.3 is 0 Å². The van der Waals surface area contributed by atoms with Crippen LogP contribution in [-0.2, 0) is 17.9 Å². The standard InChI is InChI=1S/C21H30N4O2/c1-2-27-20-6-3-5-18(15-20)16-24-12-7-19(8-13-24)21(26)23-9-4-11-25-14-10-22-17-25/h3,5-6,10,14-15,17,19H,2,4,7-9,11-13,16H2,1H3,(H,23,26). The molecule has 0 radical (unpaired) electrons. The fourth-order valence-corrected chi connectivity index (χ4v) is 3.55. The number of likely N-dealkylation sites (tertiary alicyclic amines) is 1. The lowest BCUT2D eigenvalue weighted by Crippen LogP contribution is -2.40. The van der Waals surface area contributed by atoms with Crippen molar-refractivity contribution in [3.05, 3.63) is 48.5 Å². The summed E-state index contributed by atoms with van der Waals surface area (Å²) in [5.74, 6) is 1.28. The summed E-state index contributed by atoms with van der Waals surface area (Å²) in [5.41, 5.74) is 1.27. The molecule has 1 aliphatic rings. The summed E-state index contributed by atoms with van der Waals surface area (Å²) >= 11 is 0. The minimum atomic E-state index is 0.143. The topological polar surface area (TPSA) is 59.4 Å². The number of benzene rings is 1. The highest BCUT2D eigenvalue weighted by molar-refractivity contribution is 5.78. The first kappa shape index (κ1) is 19.4. The monoisotopic (exact) mass is 370 g/mol. The number of piperidine rings is 1. The minimum Gasteiger partial charge on any atom is -0.494 e. The number of hydrogen-bond donors (Lipinski definition) is 1. The molecular formula is C21H30N4O2. The molecule has 27 heavy (non-hydrogen) atoms. The van der Waals surface area contributed by atoms with Gasteiger partial charge in [0.2, 0.25) is 5.91 Å². The van der Waals surface area contributed by atoms with Crippen molar-refractivity contribution in [2.75, 3.05) is 26.2 Å². The van der Waals surface area contributed by atoms with Gasteiger partial charge in [-0.2, -0.15) is 0 Å². The molecule has 0 saturated carbocycles. The van der Waals surface area contributed by atoms with Crippen LogP contribution in [0.15, 0.2) is 43.0 Å². The van der Waals surface area contributed by atoms with Crippen LogP contribution in [0, 0.1) is 5.92 Å². The van der Waals surface area contributed by atoms with Crippen molar-refractivity contribution < 1.29 is 9.53 Å². The lowest BCUT2D eigenvalue weighted by Gasteiger charge is -2.31. The fraction of sp³-hybridized carbons (Fsp3) is 0.524. The molecule has 3 rings (SSSR count). The van der Waals surface area contributed by atoms with E-state index < -0.39 is 0 Å². The average Bonchev–Trinajstić information content (AvgIpc) is 3.20. The van der Waals surface area contributed by atoms with Gasteiger partial charge in [0.25, 0.3) is 0 Å². The van der Waals surface area contributed by atoms with Crippen LogP contribution in [0.2, 0.25) is 0 Å². The number of nitrogens with zero attached hydrogens (tertiary/aromatic N) is 3. The van der Waals surface area contributed by atoms with E-state index >= 15 is 0 Å². The number of nitrogens with one attached hydrogen (secondary N) is 1. The molecule has 1 N–H and O–H groups in total. The smallest absolute Gasteiger partial charge is 0.223 e. The Bertz CT molecular complexity index is 694. The maximum absolute atomic E-state index is 12.4. The summed E-state index contributed by atoms with van der Waals surface area (Å²) < 4.78 is 7.61. The third-order valence-electron chi connectivity index (χ3n) is 5.03. The van der Waals surface area contributed by atoms with Gasteiger partial charge < -0.3 is 14.6 Å². The van der Waals surface area contributed by atoms with Gasteiger partial charge in [-0.15, -0.1) is 0 Å². The third-order valence-corrected chi connectivity index (χ3v) is 5.03. The maximum atomic E-state index is 12.4. The van der Waals surface area contributed by atoms with Crippen molar-refractivity contribution in [3.8, 4) is 5.75 Å². The predicted octanol–water partition coefficient (Wildman–Crippen LogP) is 2.70. The molecule has 0 bridgehead atoms. The molecule has 1 fully saturated rings. The second kappa shape index (κ2) is 10.1. The van der Waals surface area contributed by atoms with Gasteiger partial charge in [0.15, 0.2) is 0 Å². The Morgan fingerprint density at radius 2 is 2.19 bits per heavy atom. The lowest BCUT2D eigenvalue weighted by molar-refractivity contribution is -0.126. The molecule has 1 aromatic heterocycles. The number of aryl methyl sites for hydroxylation is 1.